The SMILES string of the molecule is COc1cccc(-c2nnc(SCc3nc(C)c(C)o3)n2-c2ccccc2)c1. The van der Waals surface area contributed by atoms with Crippen molar-refractivity contribution >= 4 is 11.8 Å². The Labute approximate surface area is 167 Å². The van der Waals surface area contributed by atoms with Crippen LogP contribution in [0.2, 0.25) is 0 Å². The van der Waals surface area contributed by atoms with Gasteiger partial charge in [-0.1, -0.05) is 42.1 Å². The highest BCUT2D eigenvalue weighted by molar-refractivity contribution is 7.98. The third kappa shape index (κ3) is 3.66. The van der Waals surface area contributed by atoms with Crippen LogP contribution in [0.4, 0.5) is 0 Å². The van der Waals surface area contributed by atoms with Crippen molar-refractivity contribution in [3.63, 3.8) is 0 Å². The van der Waals surface area contributed by atoms with E-state index in [-0.39, 0.29) is 0 Å². The largest absolute Gasteiger partial charge is 0.497 e. The zero-order valence-corrected chi connectivity index (χ0v) is 16.7. The van der Waals surface area contributed by atoms with Crippen molar-refractivity contribution in [2.24, 2.45) is 0 Å². The summed E-state index contributed by atoms with van der Waals surface area (Å²) < 4.78 is 13.1. The van der Waals surface area contributed by atoms with Crippen molar-refractivity contribution in [3.05, 3.63) is 71.9 Å². The number of rotatable bonds is 6. The standard InChI is InChI=1S/C21H20N4O2S/c1-14-15(2)27-19(22-14)13-28-21-24-23-20(16-8-7-11-18(12-16)26-3)25(21)17-9-5-4-6-10-17/h4-12H,13H2,1-3H3. The molecule has 0 saturated heterocycles. The summed E-state index contributed by atoms with van der Waals surface area (Å²) in [6.07, 6.45) is 0. The molecule has 0 aliphatic carbocycles. The van der Waals surface area contributed by atoms with Gasteiger partial charge in [0.2, 0.25) is 5.89 Å². The highest BCUT2D eigenvalue weighted by atomic mass is 32.2. The Hall–Kier alpha value is -3.06. The van der Waals surface area contributed by atoms with Crippen LogP contribution in [0.15, 0.2) is 64.2 Å². The van der Waals surface area contributed by atoms with Crippen molar-refractivity contribution < 1.29 is 9.15 Å². The topological polar surface area (TPSA) is 66.0 Å². The van der Waals surface area contributed by atoms with E-state index in [1.54, 1.807) is 18.9 Å². The molecule has 0 amide bonds. The molecule has 0 N–H and O–H groups in total. The Morgan fingerprint density at radius 1 is 1.04 bits per heavy atom. The van der Waals surface area contributed by atoms with Gasteiger partial charge < -0.3 is 9.15 Å². The first-order valence-electron chi connectivity index (χ1n) is 8.86. The summed E-state index contributed by atoms with van der Waals surface area (Å²) in [5.41, 5.74) is 2.84. The minimum atomic E-state index is 0.581. The van der Waals surface area contributed by atoms with Crippen LogP contribution in [-0.2, 0) is 5.75 Å². The molecule has 7 heteroatoms. The number of aromatic nitrogens is 4. The highest BCUT2D eigenvalue weighted by Gasteiger charge is 2.17. The van der Waals surface area contributed by atoms with Crippen molar-refractivity contribution in [2.45, 2.75) is 24.8 Å². The number of nitrogens with zero attached hydrogens (tertiary/aromatic N) is 4. The summed E-state index contributed by atoms with van der Waals surface area (Å²) in [6, 6.07) is 17.9. The molecule has 142 valence electrons. The molecule has 0 fully saturated rings. The molecule has 0 atom stereocenters. The summed E-state index contributed by atoms with van der Waals surface area (Å²) in [7, 11) is 1.66. The summed E-state index contributed by atoms with van der Waals surface area (Å²) in [5, 5.41) is 9.67. The first kappa shape index (κ1) is 18.3. The second-order valence-electron chi connectivity index (χ2n) is 6.25. The van der Waals surface area contributed by atoms with Crippen molar-refractivity contribution in [3.8, 4) is 22.8 Å². The van der Waals surface area contributed by atoms with E-state index >= 15 is 0 Å². The zero-order valence-electron chi connectivity index (χ0n) is 15.9. The average Bonchev–Trinajstić information content (AvgIpc) is 3.30. The summed E-state index contributed by atoms with van der Waals surface area (Å²) in [6.45, 7) is 3.87. The van der Waals surface area contributed by atoms with Gasteiger partial charge >= 0.3 is 0 Å². The average molecular weight is 392 g/mol. The first-order chi connectivity index (χ1) is 13.7. The van der Waals surface area contributed by atoms with Gasteiger partial charge in [0.25, 0.3) is 0 Å². The number of hydrogen-bond donors (Lipinski definition) is 0. The van der Waals surface area contributed by atoms with E-state index in [4.69, 9.17) is 9.15 Å². The normalized spacial score (nSPS) is 11.0. The van der Waals surface area contributed by atoms with Gasteiger partial charge in [0, 0.05) is 11.3 Å². The number of aryl methyl sites for hydroxylation is 2. The predicted molar refractivity (Wildman–Crippen MR) is 109 cm³/mol. The molecule has 0 aliphatic heterocycles. The molecule has 2 aromatic carbocycles. The van der Waals surface area contributed by atoms with Crippen LogP contribution in [0, 0.1) is 13.8 Å². The molecule has 0 unspecified atom stereocenters. The van der Waals surface area contributed by atoms with E-state index in [2.05, 4.69) is 15.2 Å². The number of benzene rings is 2. The van der Waals surface area contributed by atoms with Crippen LogP contribution in [0.3, 0.4) is 0 Å². The Kier molecular flexibility index (Phi) is 5.16. The Morgan fingerprint density at radius 3 is 2.57 bits per heavy atom. The van der Waals surface area contributed by atoms with E-state index in [0.717, 1.165) is 39.4 Å². The second kappa shape index (κ2) is 7.90. The quantitative estimate of drug-likeness (QED) is 0.438. The van der Waals surface area contributed by atoms with Gasteiger partial charge in [0.1, 0.15) is 11.5 Å². The van der Waals surface area contributed by atoms with E-state index in [1.165, 1.54) is 0 Å². The highest BCUT2D eigenvalue weighted by Crippen LogP contribution is 2.31. The van der Waals surface area contributed by atoms with E-state index in [1.807, 2.05) is 73.0 Å². The smallest absolute Gasteiger partial charge is 0.205 e. The van der Waals surface area contributed by atoms with Crippen LogP contribution < -0.4 is 4.74 Å². The lowest BCUT2D eigenvalue weighted by atomic mass is 10.2. The lowest BCUT2D eigenvalue weighted by Crippen LogP contribution is -2.00. The molecule has 28 heavy (non-hydrogen) atoms. The second-order valence-corrected chi connectivity index (χ2v) is 7.19. The summed E-state index contributed by atoms with van der Waals surface area (Å²) >= 11 is 1.54. The number of ether oxygens (including phenoxy) is 1. The molecule has 2 aromatic heterocycles. The van der Waals surface area contributed by atoms with Gasteiger partial charge in [0.05, 0.1) is 18.6 Å². The van der Waals surface area contributed by atoms with Gasteiger partial charge in [-0.3, -0.25) is 4.57 Å². The van der Waals surface area contributed by atoms with E-state index < -0.39 is 0 Å². The third-order valence-corrected chi connectivity index (χ3v) is 5.29. The molecular formula is C21H20N4O2S. The fourth-order valence-corrected chi connectivity index (χ4v) is 3.65. The van der Waals surface area contributed by atoms with Crippen LogP contribution >= 0.6 is 11.8 Å². The summed E-state index contributed by atoms with van der Waals surface area (Å²) in [4.78, 5) is 4.45. The van der Waals surface area contributed by atoms with E-state index in [9.17, 15) is 0 Å². The van der Waals surface area contributed by atoms with Crippen LogP contribution in [0.5, 0.6) is 5.75 Å². The maximum Gasteiger partial charge on any atom is 0.205 e. The molecule has 0 saturated carbocycles. The molecule has 4 rings (SSSR count). The number of methoxy groups -OCH3 is 1. The fourth-order valence-electron chi connectivity index (χ4n) is 2.85. The lowest BCUT2D eigenvalue weighted by Gasteiger charge is -2.10. The number of para-hydroxylation sites is 1. The minimum Gasteiger partial charge on any atom is -0.497 e. The maximum absolute atomic E-state index is 5.70. The maximum atomic E-state index is 5.70. The zero-order chi connectivity index (χ0) is 19.5. The van der Waals surface area contributed by atoms with Gasteiger partial charge in [0.15, 0.2) is 11.0 Å². The minimum absolute atomic E-state index is 0.581. The number of hydrogen-bond acceptors (Lipinski definition) is 6. The monoisotopic (exact) mass is 392 g/mol. The Bertz CT molecular complexity index is 1070. The van der Waals surface area contributed by atoms with Gasteiger partial charge in [-0.2, -0.15) is 0 Å². The van der Waals surface area contributed by atoms with Gasteiger partial charge in [-0.05, 0) is 38.1 Å². The molecule has 0 spiro atoms. The van der Waals surface area contributed by atoms with Gasteiger partial charge in [-0.25, -0.2) is 4.98 Å². The van der Waals surface area contributed by atoms with E-state index in [0.29, 0.717) is 11.6 Å². The summed E-state index contributed by atoms with van der Waals surface area (Å²) in [5.74, 6) is 3.65. The Morgan fingerprint density at radius 2 is 1.86 bits per heavy atom. The molecule has 0 bridgehead atoms. The van der Waals surface area contributed by atoms with Crippen LogP contribution in [0.1, 0.15) is 17.3 Å². The van der Waals surface area contributed by atoms with Crippen LogP contribution in [-0.4, -0.2) is 26.9 Å². The molecule has 0 radical (unpaired) electrons. The first-order valence-corrected chi connectivity index (χ1v) is 9.85. The molecule has 4 aromatic rings. The number of oxazole rings is 1. The Balaban J connectivity index is 1.73. The van der Waals surface area contributed by atoms with Crippen molar-refractivity contribution in [1.82, 2.24) is 19.7 Å². The van der Waals surface area contributed by atoms with Crippen LogP contribution in [0.25, 0.3) is 17.1 Å². The lowest BCUT2D eigenvalue weighted by molar-refractivity contribution is 0.415. The predicted octanol–water partition coefficient (Wildman–Crippen LogP) is 4.84. The number of thioether (sulfide) groups is 1. The molecular weight excluding hydrogens is 372 g/mol. The molecule has 0 aliphatic rings. The molecule has 2 heterocycles. The molecule has 6 nitrogen and oxygen atoms in total. The fraction of sp³-hybridized carbons (Fsp3) is 0.190. The van der Waals surface area contributed by atoms with Gasteiger partial charge in [-0.15, -0.1) is 10.2 Å². The van der Waals surface area contributed by atoms with Crippen molar-refractivity contribution in [2.75, 3.05) is 7.11 Å². The third-order valence-electron chi connectivity index (χ3n) is 4.37. The van der Waals surface area contributed by atoms with Crippen molar-refractivity contribution in [1.29, 1.82) is 0 Å².